The molecule has 0 unspecified atom stereocenters. The normalized spacial score (nSPS) is 12.6. The van der Waals surface area contributed by atoms with Crippen molar-refractivity contribution >= 4 is 17.1 Å². The van der Waals surface area contributed by atoms with Crippen molar-refractivity contribution in [3.63, 3.8) is 0 Å². The van der Waals surface area contributed by atoms with Crippen LogP contribution in [0.4, 0.5) is 17.1 Å². The van der Waals surface area contributed by atoms with Crippen LogP contribution in [-0.2, 0) is 5.41 Å². The summed E-state index contributed by atoms with van der Waals surface area (Å²) in [7, 11) is 0. The molecule has 0 N–H and O–H groups in total. The Bertz CT molecular complexity index is 3150. The third-order valence-corrected chi connectivity index (χ3v) is 13.1. The zero-order valence-corrected chi connectivity index (χ0v) is 34.1. The molecule has 0 fully saturated rings. The first-order valence-electron chi connectivity index (χ1n) is 21.5. The quantitative estimate of drug-likeness (QED) is 0.155. The number of rotatable bonds is 7. The lowest BCUT2D eigenvalue weighted by Gasteiger charge is -2.34. The molecule has 0 bridgehead atoms. The Morgan fingerprint density at radius 3 is 1.19 bits per heavy atom. The van der Waals surface area contributed by atoms with E-state index < -0.39 is 5.41 Å². The van der Waals surface area contributed by atoms with Crippen molar-refractivity contribution in [3.05, 3.63) is 271 Å². The molecule has 290 valence electrons. The highest BCUT2D eigenvalue weighted by Gasteiger charge is 2.53. The average molecular weight is 788 g/mol. The summed E-state index contributed by atoms with van der Waals surface area (Å²) < 4.78 is 0. The van der Waals surface area contributed by atoms with Crippen LogP contribution in [0.3, 0.4) is 0 Å². The fourth-order valence-electron chi connectivity index (χ4n) is 10.5. The van der Waals surface area contributed by atoms with Gasteiger partial charge in [-0.2, -0.15) is 0 Å². The molecular formula is C61H41N. The van der Waals surface area contributed by atoms with E-state index in [2.05, 4.69) is 254 Å². The van der Waals surface area contributed by atoms with E-state index in [9.17, 15) is 0 Å². The second kappa shape index (κ2) is 14.6. The third-order valence-electron chi connectivity index (χ3n) is 13.1. The van der Waals surface area contributed by atoms with E-state index in [0.29, 0.717) is 0 Å². The molecule has 1 nitrogen and oxygen atoms in total. The van der Waals surface area contributed by atoms with Gasteiger partial charge in [-0.25, -0.2) is 0 Å². The van der Waals surface area contributed by atoms with Gasteiger partial charge in [0.25, 0.3) is 0 Å². The zero-order valence-electron chi connectivity index (χ0n) is 34.1. The van der Waals surface area contributed by atoms with Crippen LogP contribution in [0, 0.1) is 0 Å². The number of fused-ring (bicyclic) bond motifs is 10. The molecule has 2 aliphatic rings. The van der Waals surface area contributed by atoms with Gasteiger partial charge in [0.1, 0.15) is 0 Å². The highest BCUT2D eigenvalue weighted by Crippen LogP contribution is 2.65. The average Bonchev–Trinajstić information content (AvgIpc) is 3.82. The van der Waals surface area contributed by atoms with Crippen molar-refractivity contribution in [1.29, 1.82) is 0 Å². The summed E-state index contributed by atoms with van der Waals surface area (Å²) in [5, 5.41) is 0. The van der Waals surface area contributed by atoms with Crippen LogP contribution in [0.2, 0.25) is 0 Å². The molecule has 10 aromatic carbocycles. The van der Waals surface area contributed by atoms with Gasteiger partial charge in [-0.3, -0.25) is 0 Å². The van der Waals surface area contributed by atoms with Gasteiger partial charge in [-0.05, 0) is 102 Å². The molecule has 2 aliphatic carbocycles. The molecule has 0 saturated carbocycles. The van der Waals surface area contributed by atoms with E-state index >= 15 is 0 Å². The maximum Gasteiger partial charge on any atom is 0.0732 e. The topological polar surface area (TPSA) is 3.24 Å². The number of benzene rings is 10. The Balaban J connectivity index is 1.14. The molecule has 0 atom stereocenters. The summed E-state index contributed by atoms with van der Waals surface area (Å²) in [6.45, 7) is 0. The highest BCUT2D eigenvalue weighted by atomic mass is 15.1. The highest BCUT2D eigenvalue weighted by molar-refractivity contribution is 6.01. The minimum Gasteiger partial charge on any atom is -0.309 e. The van der Waals surface area contributed by atoms with Crippen LogP contribution in [0.25, 0.3) is 66.8 Å². The van der Waals surface area contributed by atoms with Gasteiger partial charge in [0.15, 0.2) is 0 Å². The lowest BCUT2D eigenvalue weighted by Crippen LogP contribution is -2.27. The number of nitrogens with zero attached hydrogens (tertiary/aromatic N) is 1. The van der Waals surface area contributed by atoms with Crippen molar-refractivity contribution < 1.29 is 0 Å². The summed E-state index contributed by atoms with van der Waals surface area (Å²) >= 11 is 0. The molecule has 1 heteroatoms. The first kappa shape index (κ1) is 35.9. The first-order valence-corrected chi connectivity index (χ1v) is 21.5. The van der Waals surface area contributed by atoms with E-state index in [0.717, 1.165) is 17.1 Å². The molecular weight excluding hydrogens is 747 g/mol. The van der Waals surface area contributed by atoms with Crippen molar-refractivity contribution in [1.82, 2.24) is 0 Å². The number of para-hydroxylation sites is 2. The van der Waals surface area contributed by atoms with Crippen molar-refractivity contribution in [2.75, 3.05) is 4.90 Å². The van der Waals surface area contributed by atoms with E-state index in [4.69, 9.17) is 0 Å². The molecule has 10 aromatic rings. The summed E-state index contributed by atoms with van der Waals surface area (Å²) in [6, 6.07) is 91.6. The standard InChI is InChI=1S/C61H41N/c1-4-19-42(20-5-1)43-35-37-46(38-36-43)50-29-18-30-54-53-40-39-47(41-57(53)61(60(50)54)55-31-14-10-27-51(55)52-28-11-15-32-56(52)61)62(58-33-16-12-25-48(58)44-21-6-2-7-22-44)59-34-17-13-26-49(59)45-23-8-3-9-24-45/h1-41H. The van der Waals surface area contributed by atoms with Crippen molar-refractivity contribution in [2.45, 2.75) is 5.41 Å². The smallest absolute Gasteiger partial charge is 0.0732 e. The minimum atomic E-state index is -0.563. The van der Waals surface area contributed by atoms with Crippen LogP contribution in [0.15, 0.2) is 249 Å². The maximum atomic E-state index is 2.51. The number of hydrogen-bond acceptors (Lipinski definition) is 1. The van der Waals surface area contributed by atoms with Crippen LogP contribution < -0.4 is 4.90 Å². The Morgan fingerprint density at radius 2 is 0.629 bits per heavy atom. The summed E-state index contributed by atoms with van der Waals surface area (Å²) in [5.41, 5.74) is 22.8. The molecule has 0 aromatic heterocycles. The second-order valence-electron chi connectivity index (χ2n) is 16.3. The molecule has 0 aliphatic heterocycles. The zero-order chi connectivity index (χ0) is 41.0. The van der Waals surface area contributed by atoms with E-state index in [-0.39, 0.29) is 0 Å². The lowest BCUT2D eigenvalue weighted by molar-refractivity contribution is 0.795. The van der Waals surface area contributed by atoms with Gasteiger partial charge >= 0.3 is 0 Å². The Kier molecular flexibility index (Phi) is 8.47. The number of anilines is 3. The van der Waals surface area contributed by atoms with Crippen LogP contribution >= 0.6 is 0 Å². The fraction of sp³-hybridized carbons (Fsp3) is 0.0164. The van der Waals surface area contributed by atoms with Crippen molar-refractivity contribution in [2.24, 2.45) is 0 Å². The lowest BCUT2D eigenvalue weighted by atomic mass is 9.68. The van der Waals surface area contributed by atoms with Gasteiger partial charge < -0.3 is 4.90 Å². The summed E-state index contributed by atoms with van der Waals surface area (Å²) in [5.74, 6) is 0. The molecule has 0 saturated heterocycles. The molecule has 0 radical (unpaired) electrons. The van der Waals surface area contributed by atoms with Crippen molar-refractivity contribution in [3.8, 4) is 66.8 Å². The molecule has 0 heterocycles. The Hall–Kier alpha value is -8.00. The predicted molar refractivity (Wildman–Crippen MR) is 259 cm³/mol. The molecule has 1 spiro atoms. The Morgan fingerprint density at radius 1 is 0.242 bits per heavy atom. The monoisotopic (exact) mass is 787 g/mol. The van der Waals surface area contributed by atoms with Gasteiger partial charge in [0.2, 0.25) is 0 Å². The van der Waals surface area contributed by atoms with E-state index in [1.165, 1.54) is 89.0 Å². The minimum absolute atomic E-state index is 0.563. The predicted octanol–water partition coefficient (Wildman–Crippen LogP) is 16.2. The largest absolute Gasteiger partial charge is 0.309 e. The van der Waals surface area contributed by atoms with Crippen LogP contribution in [0.1, 0.15) is 22.3 Å². The number of hydrogen-bond donors (Lipinski definition) is 0. The van der Waals surface area contributed by atoms with Gasteiger partial charge in [-0.15, -0.1) is 0 Å². The first-order chi connectivity index (χ1) is 30.8. The van der Waals surface area contributed by atoms with E-state index in [1.807, 2.05) is 0 Å². The second-order valence-corrected chi connectivity index (χ2v) is 16.3. The van der Waals surface area contributed by atoms with E-state index in [1.54, 1.807) is 0 Å². The Labute approximate surface area is 363 Å². The summed E-state index contributed by atoms with van der Waals surface area (Å²) in [6.07, 6.45) is 0. The molecule has 0 amide bonds. The third kappa shape index (κ3) is 5.49. The van der Waals surface area contributed by atoms with Gasteiger partial charge in [0.05, 0.1) is 16.8 Å². The van der Waals surface area contributed by atoms with Gasteiger partial charge in [-0.1, -0.05) is 224 Å². The van der Waals surface area contributed by atoms with Crippen LogP contribution in [0.5, 0.6) is 0 Å². The summed E-state index contributed by atoms with van der Waals surface area (Å²) in [4.78, 5) is 2.50. The maximum absolute atomic E-state index is 2.51. The SMILES string of the molecule is c1ccc(-c2ccc(-c3cccc4c3C3(c5ccccc5-c5ccccc53)c3cc(N(c5ccccc5-c5ccccc5)c5ccccc5-c5ccccc5)ccc3-4)cc2)cc1. The van der Waals surface area contributed by atoms with Gasteiger partial charge in [0, 0.05) is 16.8 Å². The molecule has 62 heavy (non-hydrogen) atoms. The van der Waals surface area contributed by atoms with Crippen LogP contribution in [-0.4, -0.2) is 0 Å². The molecule has 12 rings (SSSR count). The fourth-order valence-corrected chi connectivity index (χ4v) is 10.5.